The van der Waals surface area contributed by atoms with Crippen LogP contribution in [0.4, 0.5) is 0 Å². The Labute approximate surface area is 57.5 Å². The van der Waals surface area contributed by atoms with Crippen LogP contribution in [0, 0.1) is 0 Å². The Kier molecular flexibility index (Phi) is 1.70. The highest BCUT2D eigenvalue weighted by Crippen LogP contribution is 2.16. The summed E-state index contributed by atoms with van der Waals surface area (Å²) >= 11 is 5.55. The molecule has 0 N–H and O–H groups in total. The lowest BCUT2D eigenvalue weighted by atomic mass is 10.7. The molecule has 0 atom stereocenters. The van der Waals surface area contributed by atoms with Gasteiger partial charge in [-0.15, -0.1) is 24.0 Å². The van der Waals surface area contributed by atoms with Crippen LogP contribution in [0.1, 0.15) is 5.01 Å². The van der Waals surface area contributed by atoms with Crippen LogP contribution in [0.5, 0.6) is 0 Å². The van der Waals surface area contributed by atoms with Crippen molar-refractivity contribution in [1.82, 2.24) is 4.98 Å². The quantitative estimate of drug-likeness (QED) is 0.594. The molecule has 0 aromatic carbocycles. The Morgan fingerprint density at radius 3 is 2.88 bits per heavy atom. The Balaban J connectivity index is 2.93. The van der Waals surface area contributed by atoms with E-state index in [1.54, 1.807) is 17.5 Å². The van der Waals surface area contributed by atoms with Crippen molar-refractivity contribution in [2.45, 2.75) is 0 Å². The van der Waals surface area contributed by atoms with Gasteiger partial charge in [-0.25, -0.2) is 4.98 Å². The zero-order chi connectivity index (χ0) is 5.98. The molecule has 0 radical (unpaired) electrons. The SMILES string of the molecule is C=C(S)c1nccs1. The maximum absolute atomic E-state index is 4.01. The first-order valence-corrected chi connectivity index (χ1v) is 3.41. The maximum Gasteiger partial charge on any atom is 0.128 e. The first-order chi connectivity index (χ1) is 3.80. The highest BCUT2D eigenvalue weighted by atomic mass is 32.1. The molecular formula is C5H5NS2. The molecule has 0 saturated carbocycles. The molecule has 0 unspecified atom stereocenters. The average molecular weight is 143 g/mol. The van der Waals surface area contributed by atoms with Crippen LogP contribution in [-0.4, -0.2) is 4.98 Å². The largest absolute Gasteiger partial charge is 0.244 e. The number of nitrogens with zero attached hydrogens (tertiary/aromatic N) is 1. The second-order valence-corrected chi connectivity index (χ2v) is 2.72. The Morgan fingerprint density at radius 2 is 2.62 bits per heavy atom. The topological polar surface area (TPSA) is 12.9 Å². The highest BCUT2D eigenvalue weighted by molar-refractivity contribution is 7.90. The minimum Gasteiger partial charge on any atom is -0.244 e. The van der Waals surface area contributed by atoms with Gasteiger partial charge in [0.05, 0.1) is 0 Å². The molecule has 1 rings (SSSR count). The van der Waals surface area contributed by atoms with Crippen LogP contribution < -0.4 is 0 Å². The van der Waals surface area contributed by atoms with E-state index in [0.29, 0.717) is 0 Å². The van der Waals surface area contributed by atoms with Gasteiger partial charge in [-0.2, -0.15) is 0 Å². The predicted octanol–water partition coefficient (Wildman–Crippen LogP) is 2.04. The van der Waals surface area contributed by atoms with E-state index >= 15 is 0 Å². The minimum atomic E-state index is 0.736. The molecule has 0 amide bonds. The molecule has 8 heavy (non-hydrogen) atoms. The van der Waals surface area contributed by atoms with Crippen LogP contribution in [-0.2, 0) is 0 Å². The second-order valence-electron chi connectivity index (χ2n) is 1.28. The third kappa shape index (κ3) is 1.11. The number of aromatic nitrogens is 1. The molecule has 42 valence electrons. The highest BCUT2D eigenvalue weighted by Gasteiger charge is 1.92. The summed E-state index contributed by atoms with van der Waals surface area (Å²) in [6, 6.07) is 0. The first-order valence-electron chi connectivity index (χ1n) is 2.08. The first kappa shape index (κ1) is 5.85. The third-order valence-corrected chi connectivity index (χ3v) is 1.88. The average Bonchev–Trinajstić information content (AvgIpc) is 2.12. The van der Waals surface area contributed by atoms with Gasteiger partial charge >= 0.3 is 0 Å². The van der Waals surface area contributed by atoms with Crippen molar-refractivity contribution in [1.29, 1.82) is 0 Å². The van der Waals surface area contributed by atoms with Gasteiger partial charge in [-0.3, -0.25) is 0 Å². The van der Waals surface area contributed by atoms with Gasteiger partial charge in [-0.05, 0) is 0 Å². The van der Waals surface area contributed by atoms with Crippen molar-refractivity contribution in [2.75, 3.05) is 0 Å². The number of hydrogen-bond donors (Lipinski definition) is 1. The summed E-state index contributed by atoms with van der Waals surface area (Å²) < 4.78 is 0. The minimum absolute atomic E-state index is 0.736. The lowest BCUT2D eigenvalue weighted by Gasteiger charge is -1.83. The van der Waals surface area contributed by atoms with E-state index in [4.69, 9.17) is 0 Å². The van der Waals surface area contributed by atoms with Gasteiger partial charge < -0.3 is 0 Å². The summed E-state index contributed by atoms with van der Waals surface area (Å²) in [6.07, 6.45) is 1.74. The molecule has 1 heterocycles. The van der Waals surface area contributed by atoms with Crippen LogP contribution in [0.15, 0.2) is 18.2 Å². The number of thiol groups is 1. The van der Waals surface area contributed by atoms with Gasteiger partial charge in [-0.1, -0.05) is 6.58 Å². The number of rotatable bonds is 1. The summed E-state index contributed by atoms with van der Waals surface area (Å²) in [5.74, 6) is 0. The Bertz CT molecular complexity index is 178. The van der Waals surface area contributed by atoms with E-state index < -0.39 is 0 Å². The van der Waals surface area contributed by atoms with Gasteiger partial charge in [0, 0.05) is 16.5 Å². The third-order valence-electron chi connectivity index (χ3n) is 0.679. The van der Waals surface area contributed by atoms with Gasteiger partial charge in [0.15, 0.2) is 0 Å². The molecule has 0 fully saturated rings. The predicted molar refractivity (Wildman–Crippen MR) is 40.1 cm³/mol. The molecule has 0 aliphatic carbocycles. The van der Waals surface area contributed by atoms with Crippen LogP contribution >= 0.6 is 24.0 Å². The standard InChI is InChI=1S/C5H5NS2/c1-4(7)5-6-2-3-8-5/h2-3,7H,1H2. The van der Waals surface area contributed by atoms with Crippen molar-refractivity contribution < 1.29 is 0 Å². The van der Waals surface area contributed by atoms with E-state index in [0.717, 1.165) is 9.91 Å². The fourth-order valence-electron chi connectivity index (χ4n) is 0.366. The second kappa shape index (κ2) is 2.33. The maximum atomic E-state index is 4.01. The van der Waals surface area contributed by atoms with Crippen LogP contribution in [0.2, 0.25) is 0 Å². The van der Waals surface area contributed by atoms with E-state index in [9.17, 15) is 0 Å². The van der Waals surface area contributed by atoms with Crippen molar-refractivity contribution in [2.24, 2.45) is 0 Å². The van der Waals surface area contributed by atoms with Gasteiger partial charge in [0.2, 0.25) is 0 Å². The van der Waals surface area contributed by atoms with E-state index in [1.165, 1.54) is 0 Å². The van der Waals surface area contributed by atoms with Crippen LogP contribution in [0.25, 0.3) is 4.91 Å². The van der Waals surface area contributed by atoms with E-state index in [-0.39, 0.29) is 0 Å². The van der Waals surface area contributed by atoms with Crippen molar-refractivity contribution >= 4 is 28.9 Å². The van der Waals surface area contributed by atoms with Crippen molar-refractivity contribution in [3.8, 4) is 0 Å². The molecule has 0 spiro atoms. The molecule has 3 heteroatoms. The molecule has 1 nitrogen and oxygen atoms in total. The Hall–Kier alpha value is -0.280. The normalized spacial score (nSPS) is 9.12. The van der Waals surface area contributed by atoms with Gasteiger partial charge in [0.25, 0.3) is 0 Å². The van der Waals surface area contributed by atoms with Crippen molar-refractivity contribution in [3.63, 3.8) is 0 Å². The Morgan fingerprint density at radius 1 is 1.88 bits per heavy atom. The monoisotopic (exact) mass is 143 g/mol. The molecule has 0 aliphatic rings. The molecule has 0 saturated heterocycles. The number of thiazole rings is 1. The lowest BCUT2D eigenvalue weighted by molar-refractivity contribution is 1.39. The molecule has 0 bridgehead atoms. The summed E-state index contributed by atoms with van der Waals surface area (Å²) in [4.78, 5) is 4.69. The summed E-state index contributed by atoms with van der Waals surface area (Å²) in [5.41, 5.74) is 0. The summed E-state index contributed by atoms with van der Waals surface area (Å²) in [5, 5.41) is 2.80. The zero-order valence-corrected chi connectivity index (χ0v) is 5.88. The zero-order valence-electron chi connectivity index (χ0n) is 4.16. The molecular weight excluding hydrogens is 138 g/mol. The summed E-state index contributed by atoms with van der Waals surface area (Å²) in [6.45, 7) is 3.61. The van der Waals surface area contributed by atoms with Crippen molar-refractivity contribution in [3.05, 3.63) is 23.2 Å². The molecule has 1 aromatic heterocycles. The smallest absolute Gasteiger partial charge is 0.128 e. The number of hydrogen-bond acceptors (Lipinski definition) is 3. The fraction of sp³-hybridized carbons (Fsp3) is 0. The van der Waals surface area contributed by atoms with Crippen LogP contribution in [0.3, 0.4) is 0 Å². The summed E-state index contributed by atoms with van der Waals surface area (Å²) in [7, 11) is 0. The van der Waals surface area contributed by atoms with E-state index in [1.807, 2.05) is 5.38 Å². The van der Waals surface area contributed by atoms with E-state index in [2.05, 4.69) is 24.2 Å². The molecule has 1 aromatic rings. The molecule has 0 aliphatic heterocycles. The fourth-order valence-corrected chi connectivity index (χ4v) is 1.09. The van der Waals surface area contributed by atoms with Gasteiger partial charge in [0.1, 0.15) is 5.01 Å². The lowest BCUT2D eigenvalue weighted by Crippen LogP contribution is -1.66.